The number of amides is 2. The molecular formula is C30H35Cl2N3O4S. The second kappa shape index (κ2) is 14.0. The molecule has 0 aliphatic carbocycles. The van der Waals surface area contributed by atoms with Crippen molar-refractivity contribution >= 4 is 50.7 Å². The molecule has 0 unspecified atom stereocenters. The van der Waals surface area contributed by atoms with E-state index in [2.05, 4.69) is 5.32 Å². The molecule has 40 heavy (non-hydrogen) atoms. The Balaban J connectivity index is 2.09. The molecule has 0 heterocycles. The molecule has 3 aromatic rings. The van der Waals surface area contributed by atoms with Gasteiger partial charge in [-0.3, -0.25) is 13.9 Å². The number of carbonyl (C=O) groups excluding carboxylic acids is 2. The van der Waals surface area contributed by atoms with E-state index in [1.165, 1.54) is 4.90 Å². The van der Waals surface area contributed by atoms with Gasteiger partial charge in [0.2, 0.25) is 21.8 Å². The molecule has 0 radical (unpaired) electrons. The molecule has 0 aromatic heterocycles. The second-order valence-corrected chi connectivity index (χ2v) is 12.6. The molecule has 0 saturated carbocycles. The Morgan fingerprint density at radius 3 is 2.17 bits per heavy atom. The molecule has 0 bridgehead atoms. The number of sulfonamides is 1. The molecule has 0 saturated heterocycles. The van der Waals surface area contributed by atoms with Gasteiger partial charge in [0.25, 0.3) is 0 Å². The van der Waals surface area contributed by atoms with Gasteiger partial charge in [-0.1, -0.05) is 72.6 Å². The number of halogens is 2. The number of nitrogens with one attached hydrogen (secondary N) is 1. The molecule has 0 spiro atoms. The van der Waals surface area contributed by atoms with E-state index in [1.54, 1.807) is 30.3 Å². The summed E-state index contributed by atoms with van der Waals surface area (Å²) in [4.78, 5) is 29.1. The van der Waals surface area contributed by atoms with Crippen LogP contribution in [0.1, 0.15) is 35.6 Å². The van der Waals surface area contributed by atoms with Crippen LogP contribution in [-0.4, -0.2) is 50.5 Å². The van der Waals surface area contributed by atoms with E-state index >= 15 is 0 Å². The van der Waals surface area contributed by atoms with Crippen molar-refractivity contribution in [1.29, 1.82) is 0 Å². The summed E-state index contributed by atoms with van der Waals surface area (Å²) >= 11 is 12.6. The number of anilines is 1. The van der Waals surface area contributed by atoms with E-state index < -0.39 is 28.5 Å². The summed E-state index contributed by atoms with van der Waals surface area (Å²) in [5, 5.41) is 3.69. The van der Waals surface area contributed by atoms with Crippen LogP contribution in [0.25, 0.3) is 0 Å². The molecule has 10 heteroatoms. The Morgan fingerprint density at radius 1 is 0.950 bits per heavy atom. The topological polar surface area (TPSA) is 86.8 Å². The van der Waals surface area contributed by atoms with Gasteiger partial charge >= 0.3 is 0 Å². The van der Waals surface area contributed by atoms with Crippen LogP contribution < -0.4 is 9.62 Å². The second-order valence-electron chi connectivity index (χ2n) is 9.87. The fourth-order valence-corrected chi connectivity index (χ4v) is 5.76. The van der Waals surface area contributed by atoms with Gasteiger partial charge < -0.3 is 10.2 Å². The third-order valence-corrected chi connectivity index (χ3v) is 8.08. The first-order chi connectivity index (χ1) is 18.9. The fraction of sp³-hybridized carbons (Fsp3) is 0.333. The highest BCUT2D eigenvalue weighted by atomic mass is 35.5. The van der Waals surface area contributed by atoms with Crippen molar-refractivity contribution in [2.45, 2.75) is 46.2 Å². The van der Waals surface area contributed by atoms with Crippen molar-refractivity contribution in [3.8, 4) is 0 Å². The summed E-state index contributed by atoms with van der Waals surface area (Å²) in [6, 6.07) is 18.8. The van der Waals surface area contributed by atoms with Gasteiger partial charge in [-0.2, -0.15) is 0 Å². The molecule has 0 aliphatic heterocycles. The van der Waals surface area contributed by atoms with Crippen molar-refractivity contribution in [3.05, 3.63) is 99.0 Å². The summed E-state index contributed by atoms with van der Waals surface area (Å²) in [5.41, 5.74) is 3.54. The largest absolute Gasteiger partial charge is 0.354 e. The maximum absolute atomic E-state index is 14.1. The number of carbonyl (C=O) groups is 2. The van der Waals surface area contributed by atoms with E-state index in [-0.39, 0.29) is 18.9 Å². The van der Waals surface area contributed by atoms with Gasteiger partial charge in [0.1, 0.15) is 12.6 Å². The lowest BCUT2D eigenvalue weighted by Crippen LogP contribution is -2.53. The van der Waals surface area contributed by atoms with E-state index in [4.69, 9.17) is 23.2 Å². The first-order valence-electron chi connectivity index (χ1n) is 13.0. The summed E-state index contributed by atoms with van der Waals surface area (Å²) < 4.78 is 27.0. The quantitative estimate of drug-likeness (QED) is 0.294. The molecule has 3 rings (SSSR count). The van der Waals surface area contributed by atoms with Gasteiger partial charge in [-0.05, 0) is 66.8 Å². The first kappa shape index (κ1) is 31.5. The van der Waals surface area contributed by atoms with Crippen LogP contribution in [0.4, 0.5) is 5.69 Å². The van der Waals surface area contributed by atoms with Gasteiger partial charge in [-0.25, -0.2) is 8.42 Å². The van der Waals surface area contributed by atoms with Gasteiger partial charge in [0.15, 0.2) is 0 Å². The summed E-state index contributed by atoms with van der Waals surface area (Å²) in [6.07, 6.45) is 2.01. The lowest BCUT2D eigenvalue weighted by molar-refractivity contribution is -0.140. The number of benzene rings is 3. The molecule has 0 fully saturated rings. The Hall–Kier alpha value is -3.07. The molecule has 214 valence electrons. The zero-order valence-electron chi connectivity index (χ0n) is 23.2. The minimum Gasteiger partial charge on any atom is -0.354 e. The van der Waals surface area contributed by atoms with Crippen LogP contribution in [0, 0.1) is 13.8 Å². The van der Waals surface area contributed by atoms with Crippen LogP contribution in [-0.2, 0) is 32.6 Å². The third-order valence-electron chi connectivity index (χ3n) is 6.35. The molecule has 1 N–H and O–H groups in total. The van der Waals surface area contributed by atoms with Crippen LogP contribution in [0.5, 0.6) is 0 Å². The standard InChI is InChI=1S/C30H35Cl2N3O4S/c1-5-13-33-30(37)28(17-23-9-7-6-8-10-23)34(19-24-11-12-25(31)18-27(24)32)29(36)20-35(40(4,38)39)26-15-21(2)14-22(3)16-26/h6-12,14-16,18,28H,5,13,17,19-20H2,1-4H3,(H,33,37)/t28-/m1/s1. The Kier molecular flexibility index (Phi) is 11.0. The molecule has 2 amide bonds. The number of hydrogen-bond donors (Lipinski definition) is 1. The maximum Gasteiger partial charge on any atom is 0.244 e. The summed E-state index contributed by atoms with van der Waals surface area (Å²) in [6.45, 7) is 5.60. The summed E-state index contributed by atoms with van der Waals surface area (Å²) in [7, 11) is -3.84. The zero-order chi connectivity index (χ0) is 29.4. The number of rotatable bonds is 12. The Labute approximate surface area is 247 Å². The predicted molar refractivity (Wildman–Crippen MR) is 162 cm³/mol. The highest BCUT2D eigenvalue weighted by Gasteiger charge is 2.33. The highest BCUT2D eigenvalue weighted by molar-refractivity contribution is 7.92. The molecule has 1 atom stereocenters. The number of aryl methyl sites for hydroxylation is 2. The first-order valence-corrected chi connectivity index (χ1v) is 15.6. The van der Waals surface area contributed by atoms with Gasteiger partial charge in [0.05, 0.1) is 11.9 Å². The highest BCUT2D eigenvalue weighted by Crippen LogP contribution is 2.26. The normalized spacial score (nSPS) is 12.1. The Morgan fingerprint density at radius 2 is 1.60 bits per heavy atom. The van der Waals surface area contributed by atoms with E-state index in [0.29, 0.717) is 27.8 Å². The third kappa shape index (κ3) is 8.71. The van der Waals surface area contributed by atoms with E-state index in [1.807, 2.05) is 57.2 Å². The number of hydrogen-bond acceptors (Lipinski definition) is 4. The Bertz CT molecular complexity index is 1430. The SMILES string of the molecule is CCCNC(=O)[C@@H](Cc1ccccc1)N(Cc1ccc(Cl)cc1Cl)C(=O)CN(c1cc(C)cc(C)c1)S(C)(=O)=O. The molecule has 3 aromatic carbocycles. The van der Waals surface area contributed by atoms with Crippen molar-refractivity contribution in [1.82, 2.24) is 10.2 Å². The van der Waals surface area contributed by atoms with Gasteiger partial charge in [-0.15, -0.1) is 0 Å². The molecular weight excluding hydrogens is 569 g/mol. The van der Waals surface area contributed by atoms with Gasteiger partial charge in [0, 0.05) is 29.6 Å². The minimum atomic E-state index is -3.84. The van der Waals surface area contributed by atoms with E-state index in [9.17, 15) is 18.0 Å². The van der Waals surface area contributed by atoms with Crippen molar-refractivity contribution < 1.29 is 18.0 Å². The fourth-order valence-electron chi connectivity index (χ4n) is 4.46. The molecule has 0 aliphatic rings. The van der Waals surface area contributed by atoms with Crippen molar-refractivity contribution in [3.63, 3.8) is 0 Å². The van der Waals surface area contributed by atoms with Crippen LogP contribution >= 0.6 is 23.2 Å². The average molecular weight is 605 g/mol. The average Bonchev–Trinajstić information content (AvgIpc) is 2.88. The van der Waals surface area contributed by atoms with E-state index in [0.717, 1.165) is 33.7 Å². The lowest BCUT2D eigenvalue weighted by Gasteiger charge is -2.33. The smallest absolute Gasteiger partial charge is 0.244 e. The lowest BCUT2D eigenvalue weighted by atomic mass is 10.0. The summed E-state index contributed by atoms with van der Waals surface area (Å²) in [5.74, 6) is -0.871. The monoisotopic (exact) mass is 603 g/mol. The van der Waals surface area contributed by atoms with Crippen LogP contribution in [0.15, 0.2) is 66.7 Å². The zero-order valence-corrected chi connectivity index (χ0v) is 25.5. The maximum atomic E-state index is 14.1. The molecule has 7 nitrogen and oxygen atoms in total. The van der Waals surface area contributed by atoms with Crippen molar-refractivity contribution in [2.24, 2.45) is 0 Å². The van der Waals surface area contributed by atoms with Crippen LogP contribution in [0.3, 0.4) is 0 Å². The number of nitrogens with zero attached hydrogens (tertiary/aromatic N) is 2. The minimum absolute atomic E-state index is 0.0175. The van der Waals surface area contributed by atoms with Crippen LogP contribution in [0.2, 0.25) is 10.0 Å². The predicted octanol–water partition coefficient (Wildman–Crippen LogP) is 5.54. The van der Waals surface area contributed by atoms with Crippen molar-refractivity contribution in [2.75, 3.05) is 23.7 Å².